The topological polar surface area (TPSA) is 15.3 Å². The molecule has 4 aromatic rings. The van der Waals surface area contributed by atoms with E-state index in [-0.39, 0.29) is 42.6 Å². The van der Waals surface area contributed by atoms with E-state index in [0.29, 0.717) is 5.69 Å². The van der Waals surface area contributed by atoms with Crippen LogP contribution in [0.2, 0.25) is 0 Å². The van der Waals surface area contributed by atoms with Gasteiger partial charge in [-0.2, -0.15) is 0 Å². The zero-order valence-electron chi connectivity index (χ0n) is 19.7. The summed E-state index contributed by atoms with van der Waals surface area (Å²) in [5, 5.41) is 5.89. The summed E-state index contributed by atoms with van der Waals surface area (Å²) in [5.41, 5.74) is 2.76. The van der Waals surface area contributed by atoms with Crippen molar-refractivity contribution in [3.8, 4) is 0 Å². The van der Waals surface area contributed by atoms with Crippen molar-refractivity contribution in [3.63, 3.8) is 0 Å². The highest BCUT2D eigenvalue weighted by Crippen LogP contribution is 2.35. The lowest BCUT2D eigenvalue weighted by atomic mass is 9.85. The van der Waals surface area contributed by atoms with E-state index in [9.17, 15) is 13.2 Å². The van der Waals surface area contributed by atoms with Gasteiger partial charge in [-0.3, -0.25) is 4.90 Å². The molecule has 1 atom stereocenters. The SMILES string of the molecule is Cl.Cl.Fc1ccc(C(Nc2ccc(F)c(F)c2)C2CCN(Cc3ccc4ccccc4c3)CC2)cc1. The van der Waals surface area contributed by atoms with Crippen LogP contribution in [-0.4, -0.2) is 18.0 Å². The molecule has 0 bridgehead atoms. The van der Waals surface area contributed by atoms with Crippen LogP contribution in [0.5, 0.6) is 0 Å². The first-order valence-corrected chi connectivity index (χ1v) is 11.7. The van der Waals surface area contributed by atoms with Crippen molar-refractivity contribution in [1.82, 2.24) is 4.90 Å². The van der Waals surface area contributed by atoms with Gasteiger partial charge in [0, 0.05) is 18.3 Å². The smallest absolute Gasteiger partial charge is 0.160 e. The highest BCUT2D eigenvalue weighted by atomic mass is 35.5. The first kappa shape index (κ1) is 27.9. The van der Waals surface area contributed by atoms with Crippen LogP contribution in [-0.2, 0) is 6.54 Å². The molecule has 4 aromatic carbocycles. The van der Waals surface area contributed by atoms with Gasteiger partial charge in [0.1, 0.15) is 5.82 Å². The van der Waals surface area contributed by atoms with Gasteiger partial charge in [-0.05, 0) is 84.1 Å². The van der Waals surface area contributed by atoms with E-state index in [1.807, 2.05) is 0 Å². The van der Waals surface area contributed by atoms with Crippen LogP contribution in [0.3, 0.4) is 0 Å². The molecule has 0 aliphatic carbocycles. The zero-order valence-corrected chi connectivity index (χ0v) is 21.3. The Bertz CT molecular complexity index is 1280. The summed E-state index contributed by atoms with van der Waals surface area (Å²) >= 11 is 0. The molecule has 5 rings (SSSR count). The summed E-state index contributed by atoms with van der Waals surface area (Å²) in [5.74, 6) is -1.76. The quantitative estimate of drug-likeness (QED) is 0.269. The number of nitrogens with zero attached hydrogens (tertiary/aromatic N) is 1. The van der Waals surface area contributed by atoms with Crippen molar-refractivity contribution in [1.29, 1.82) is 0 Å². The number of halogens is 5. The monoisotopic (exact) mass is 532 g/mol. The van der Waals surface area contributed by atoms with Gasteiger partial charge in [0.25, 0.3) is 0 Å². The molecule has 0 saturated carbocycles. The predicted octanol–water partition coefficient (Wildman–Crippen LogP) is 8.17. The number of likely N-dealkylation sites (tertiary alicyclic amines) is 1. The number of piperidine rings is 1. The number of anilines is 1. The molecule has 2 nitrogen and oxygen atoms in total. The molecule has 1 aliphatic heterocycles. The van der Waals surface area contributed by atoms with Gasteiger partial charge >= 0.3 is 0 Å². The number of benzene rings is 4. The van der Waals surface area contributed by atoms with E-state index >= 15 is 0 Å². The lowest BCUT2D eigenvalue weighted by Crippen LogP contribution is -2.36. The number of rotatable bonds is 6. The fraction of sp³-hybridized carbons (Fsp3) is 0.241. The summed E-state index contributed by atoms with van der Waals surface area (Å²) < 4.78 is 40.8. The van der Waals surface area contributed by atoms with E-state index in [2.05, 4.69) is 52.7 Å². The number of fused-ring (bicyclic) bond motifs is 1. The predicted molar refractivity (Wildman–Crippen MR) is 146 cm³/mol. The normalized spacial score (nSPS) is 15.1. The van der Waals surface area contributed by atoms with Crippen molar-refractivity contribution in [2.45, 2.75) is 25.4 Å². The lowest BCUT2D eigenvalue weighted by molar-refractivity contribution is 0.166. The third kappa shape index (κ3) is 6.52. The average Bonchev–Trinajstić information content (AvgIpc) is 2.86. The summed E-state index contributed by atoms with van der Waals surface area (Å²) in [4.78, 5) is 2.46. The molecule has 0 spiro atoms. The molecule has 1 N–H and O–H groups in total. The van der Waals surface area contributed by atoms with Crippen molar-refractivity contribution in [2.75, 3.05) is 18.4 Å². The largest absolute Gasteiger partial charge is 0.378 e. The van der Waals surface area contributed by atoms with Gasteiger partial charge in [-0.15, -0.1) is 24.8 Å². The maximum atomic E-state index is 13.8. The Hall–Kier alpha value is -2.73. The molecule has 1 aliphatic rings. The van der Waals surface area contributed by atoms with Crippen LogP contribution in [0.25, 0.3) is 10.8 Å². The Kier molecular flexibility index (Phi) is 9.66. The molecule has 36 heavy (non-hydrogen) atoms. The Balaban J connectivity index is 0.00000180. The number of nitrogens with one attached hydrogen (secondary N) is 1. The molecule has 1 heterocycles. The van der Waals surface area contributed by atoms with Crippen LogP contribution in [0.15, 0.2) is 84.9 Å². The van der Waals surface area contributed by atoms with Gasteiger partial charge < -0.3 is 5.32 Å². The maximum absolute atomic E-state index is 13.8. The van der Waals surface area contributed by atoms with Crippen molar-refractivity contribution >= 4 is 41.3 Å². The molecule has 190 valence electrons. The van der Waals surface area contributed by atoms with Crippen LogP contribution >= 0.6 is 24.8 Å². The molecule has 1 fully saturated rings. The van der Waals surface area contributed by atoms with Gasteiger partial charge in [-0.1, -0.05) is 48.5 Å². The molecule has 7 heteroatoms. The van der Waals surface area contributed by atoms with Crippen LogP contribution < -0.4 is 5.32 Å². The molecule has 1 saturated heterocycles. The lowest BCUT2D eigenvalue weighted by Gasteiger charge is -2.37. The summed E-state index contributed by atoms with van der Waals surface area (Å²) in [6, 6.07) is 25.2. The average molecular weight is 533 g/mol. The Morgan fingerprint density at radius 2 is 1.44 bits per heavy atom. The summed E-state index contributed by atoms with van der Waals surface area (Å²) in [7, 11) is 0. The van der Waals surface area contributed by atoms with Crippen molar-refractivity contribution < 1.29 is 13.2 Å². The van der Waals surface area contributed by atoms with E-state index in [4.69, 9.17) is 0 Å². The maximum Gasteiger partial charge on any atom is 0.160 e. The molecule has 1 unspecified atom stereocenters. The molecule has 0 radical (unpaired) electrons. The third-order valence-electron chi connectivity index (χ3n) is 6.79. The Morgan fingerprint density at radius 1 is 0.750 bits per heavy atom. The van der Waals surface area contributed by atoms with Gasteiger partial charge in [0.15, 0.2) is 11.6 Å². The molecule has 0 aromatic heterocycles. The van der Waals surface area contributed by atoms with Crippen molar-refractivity contribution in [3.05, 3.63) is 114 Å². The number of hydrogen-bond acceptors (Lipinski definition) is 2. The summed E-state index contributed by atoms with van der Waals surface area (Å²) in [6.07, 6.45) is 1.90. The Morgan fingerprint density at radius 3 is 2.14 bits per heavy atom. The molecular weight excluding hydrogens is 504 g/mol. The fourth-order valence-electron chi connectivity index (χ4n) is 4.95. The zero-order chi connectivity index (χ0) is 23.5. The van der Waals surface area contributed by atoms with E-state index in [1.165, 1.54) is 34.5 Å². The second-order valence-corrected chi connectivity index (χ2v) is 9.10. The minimum Gasteiger partial charge on any atom is -0.378 e. The van der Waals surface area contributed by atoms with Crippen LogP contribution in [0.4, 0.5) is 18.9 Å². The minimum atomic E-state index is -0.881. The third-order valence-corrected chi connectivity index (χ3v) is 6.79. The molecular formula is C29H29Cl2F3N2. The van der Waals surface area contributed by atoms with Gasteiger partial charge in [0.2, 0.25) is 0 Å². The second kappa shape index (κ2) is 12.5. The van der Waals surface area contributed by atoms with Crippen LogP contribution in [0.1, 0.15) is 30.0 Å². The fourth-order valence-corrected chi connectivity index (χ4v) is 4.95. The standard InChI is InChI=1S/C29H27F3N2.2ClH/c30-25-9-7-22(8-10-25)29(33-26-11-12-27(31)28(32)18-26)23-13-15-34(16-14-23)19-20-5-6-21-3-1-2-4-24(21)17-20;;/h1-12,17-18,23,29,33H,13-16,19H2;2*1H. The van der Waals surface area contributed by atoms with E-state index in [0.717, 1.165) is 44.1 Å². The Labute approximate surface area is 222 Å². The highest BCUT2D eigenvalue weighted by Gasteiger charge is 2.28. The first-order chi connectivity index (χ1) is 16.5. The van der Waals surface area contributed by atoms with E-state index < -0.39 is 11.6 Å². The minimum absolute atomic E-state index is 0. The molecule has 0 amide bonds. The second-order valence-electron chi connectivity index (χ2n) is 9.10. The van der Waals surface area contributed by atoms with Gasteiger partial charge in [-0.25, -0.2) is 13.2 Å². The first-order valence-electron chi connectivity index (χ1n) is 11.7. The van der Waals surface area contributed by atoms with Crippen LogP contribution in [0, 0.1) is 23.4 Å². The van der Waals surface area contributed by atoms with Crippen molar-refractivity contribution in [2.24, 2.45) is 5.92 Å². The van der Waals surface area contributed by atoms with E-state index in [1.54, 1.807) is 18.2 Å². The summed E-state index contributed by atoms with van der Waals surface area (Å²) in [6.45, 7) is 2.78. The van der Waals surface area contributed by atoms with Gasteiger partial charge in [0.05, 0.1) is 6.04 Å². The number of hydrogen-bond donors (Lipinski definition) is 1. The highest BCUT2D eigenvalue weighted by molar-refractivity contribution is 5.85.